The van der Waals surface area contributed by atoms with Crippen molar-refractivity contribution in [2.75, 3.05) is 13.7 Å². The first-order chi connectivity index (χ1) is 6.58. The van der Waals surface area contributed by atoms with Crippen molar-refractivity contribution >= 4 is 0 Å². The molecule has 3 heteroatoms. The normalized spacial score (nSPS) is 22.1. The molecule has 0 bridgehead atoms. The third-order valence-corrected chi connectivity index (χ3v) is 2.93. The van der Waals surface area contributed by atoms with Crippen LogP contribution in [0.15, 0.2) is 0 Å². The van der Waals surface area contributed by atoms with Crippen molar-refractivity contribution in [2.45, 2.75) is 57.3 Å². The molecule has 0 heterocycles. The van der Waals surface area contributed by atoms with Crippen LogP contribution in [0.3, 0.4) is 0 Å². The second-order valence-corrected chi connectivity index (χ2v) is 4.48. The molecular weight excluding hydrogens is 180 g/mol. The van der Waals surface area contributed by atoms with E-state index in [9.17, 15) is 5.11 Å². The third kappa shape index (κ3) is 3.23. The maximum atomic E-state index is 9.72. The van der Waals surface area contributed by atoms with E-state index in [-0.39, 0.29) is 11.7 Å². The van der Waals surface area contributed by atoms with Crippen LogP contribution < -0.4 is 0 Å². The van der Waals surface area contributed by atoms with Gasteiger partial charge in [0, 0.05) is 13.5 Å². The second-order valence-electron chi connectivity index (χ2n) is 4.48. The standard InChI is InChI=1S/C11H22O3/c1-9(2)14-8-10(12)7-11(13-3)5-4-6-11/h9-10,12H,4-8H2,1-3H3. The van der Waals surface area contributed by atoms with Gasteiger partial charge in [0.2, 0.25) is 0 Å². The molecule has 84 valence electrons. The second kappa shape index (κ2) is 5.10. The van der Waals surface area contributed by atoms with Gasteiger partial charge in [-0.1, -0.05) is 0 Å². The molecule has 0 aromatic rings. The Bertz CT molecular complexity index is 158. The lowest BCUT2D eigenvalue weighted by Crippen LogP contribution is -2.43. The van der Waals surface area contributed by atoms with Crippen LogP contribution in [0.1, 0.15) is 39.5 Å². The van der Waals surface area contributed by atoms with E-state index in [4.69, 9.17) is 9.47 Å². The topological polar surface area (TPSA) is 38.7 Å². The molecule has 1 fully saturated rings. The molecule has 1 atom stereocenters. The Morgan fingerprint density at radius 1 is 1.36 bits per heavy atom. The van der Waals surface area contributed by atoms with Crippen molar-refractivity contribution in [3.63, 3.8) is 0 Å². The van der Waals surface area contributed by atoms with Gasteiger partial charge in [-0.15, -0.1) is 0 Å². The smallest absolute Gasteiger partial charge is 0.0801 e. The minimum atomic E-state index is -0.391. The van der Waals surface area contributed by atoms with Crippen LogP contribution in [0.2, 0.25) is 0 Å². The summed E-state index contributed by atoms with van der Waals surface area (Å²) in [4.78, 5) is 0. The van der Waals surface area contributed by atoms with Crippen LogP contribution in [-0.2, 0) is 9.47 Å². The molecule has 0 saturated heterocycles. The van der Waals surface area contributed by atoms with E-state index in [1.165, 1.54) is 6.42 Å². The highest BCUT2D eigenvalue weighted by atomic mass is 16.5. The van der Waals surface area contributed by atoms with Gasteiger partial charge >= 0.3 is 0 Å². The molecule has 1 saturated carbocycles. The fraction of sp³-hybridized carbons (Fsp3) is 1.00. The number of methoxy groups -OCH3 is 1. The average Bonchev–Trinajstić information content (AvgIpc) is 2.08. The van der Waals surface area contributed by atoms with Crippen molar-refractivity contribution in [3.8, 4) is 0 Å². The number of hydrogen-bond acceptors (Lipinski definition) is 3. The van der Waals surface area contributed by atoms with E-state index in [1.807, 2.05) is 13.8 Å². The van der Waals surface area contributed by atoms with Gasteiger partial charge in [-0.05, 0) is 33.1 Å². The minimum absolute atomic E-state index is 0.0558. The van der Waals surface area contributed by atoms with Crippen molar-refractivity contribution in [1.29, 1.82) is 0 Å². The molecule has 1 unspecified atom stereocenters. The number of aliphatic hydroxyl groups excluding tert-OH is 1. The highest BCUT2D eigenvalue weighted by Gasteiger charge is 2.38. The van der Waals surface area contributed by atoms with Gasteiger partial charge in [0.05, 0.1) is 24.4 Å². The Balaban J connectivity index is 2.21. The molecule has 0 aliphatic heterocycles. The zero-order valence-electron chi connectivity index (χ0n) is 9.45. The van der Waals surface area contributed by atoms with E-state index in [0.29, 0.717) is 13.0 Å². The molecule has 0 spiro atoms. The first-order valence-corrected chi connectivity index (χ1v) is 5.43. The predicted octanol–water partition coefficient (Wildman–Crippen LogP) is 1.73. The van der Waals surface area contributed by atoms with Gasteiger partial charge in [0.15, 0.2) is 0 Å². The van der Waals surface area contributed by atoms with Gasteiger partial charge in [-0.25, -0.2) is 0 Å². The summed E-state index contributed by atoms with van der Waals surface area (Å²) in [6.07, 6.45) is 3.86. The quantitative estimate of drug-likeness (QED) is 0.713. The molecule has 1 rings (SSSR count). The Kier molecular flexibility index (Phi) is 4.35. The molecule has 1 aliphatic carbocycles. The van der Waals surface area contributed by atoms with Gasteiger partial charge in [-0.3, -0.25) is 0 Å². The van der Waals surface area contributed by atoms with Crippen molar-refractivity contribution in [3.05, 3.63) is 0 Å². The highest BCUT2D eigenvalue weighted by Crippen LogP contribution is 2.38. The molecule has 1 N–H and O–H groups in total. The van der Waals surface area contributed by atoms with Gasteiger partial charge < -0.3 is 14.6 Å². The largest absolute Gasteiger partial charge is 0.391 e. The van der Waals surface area contributed by atoms with Crippen LogP contribution in [0.5, 0.6) is 0 Å². The van der Waals surface area contributed by atoms with Crippen LogP contribution in [0.25, 0.3) is 0 Å². The van der Waals surface area contributed by atoms with E-state index in [1.54, 1.807) is 7.11 Å². The fourth-order valence-corrected chi connectivity index (χ4v) is 1.85. The molecular formula is C11H22O3. The number of rotatable bonds is 6. The zero-order chi connectivity index (χ0) is 10.6. The predicted molar refractivity (Wildman–Crippen MR) is 55.3 cm³/mol. The molecule has 3 nitrogen and oxygen atoms in total. The first-order valence-electron chi connectivity index (χ1n) is 5.43. The summed E-state index contributed by atoms with van der Waals surface area (Å²) in [6.45, 7) is 4.37. The molecule has 0 aromatic heterocycles. The van der Waals surface area contributed by atoms with Crippen LogP contribution in [0, 0.1) is 0 Å². The number of aliphatic hydroxyl groups is 1. The summed E-state index contributed by atoms with van der Waals surface area (Å²) in [5, 5.41) is 9.72. The van der Waals surface area contributed by atoms with Crippen molar-refractivity contribution in [1.82, 2.24) is 0 Å². The molecule has 0 amide bonds. The highest BCUT2D eigenvalue weighted by molar-refractivity contribution is 4.91. The Labute approximate surface area is 86.4 Å². The summed E-state index contributed by atoms with van der Waals surface area (Å²) < 4.78 is 10.8. The lowest BCUT2D eigenvalue weighted by Gasteiger charge is -2.41. The summed E-state index contributed by atoms with van der Waals surface area (Å²) in [7, 11) is 1.73. The van der Waals surface area contributed by atoms with E-state index >= 15 is 0 Å². The zero-order valence-corrected chi connectivity index (χ0v) is 9.45. The average molecular weight is 202 g/mol. The van der Waals surface area contributed by atoms with Crippen LogP contribution in [-0.4, -0.2) is 36.6 Å². The summed E-state index contributed by atoms with van der Waals surface area (Å²) >= 11 is 0. The van der Waals surface area contributed by atoms with Crippen LogP contribution >= 0.6 is 0 Å². The number of hydrogen-bond donors (Lipinski definition) is 1. The van der Waals surface area contributed by atoms with Gasteiger partial charge in [0.25, 0.3) is 0 Å². The monoisotopic (exact) mass is 202 g/mol. The third-order valence-electron chi connectivity index (χ3n) is 2.93. The fourth-order valence-electron chi connectivity index (χ4n) is 1.85. The summed E-state index contributed by atoms with van der Waals surface area (Å²) in [6, 6.07) is 0. The molecule has 0 aromatic carbocycles. The van der Waals surface area contributed by atoms with E-state index in [2.05, 4.69) is 0 Å². The van der Waals surface area contributed by atoms with E-state index < -0.39 is 6.10 Å². The van der Waals surface area contributed by atoms with Gasteiger partial charge in [0.1, 0.15) is 0 Å². The lowest BCUT2D eigenvalue weighted by molar-refractivity contribution is -0.112. The lowest BCUT2D eigenvalue weighted by atomic mass is 9.76. The van der Waals surface area contributed by atoms with Crippen molar-refractivity contribution < 1.29 is 14.6 Å². The Morgan fingerprint density at radius 3 is 2.36 bits per heavy atom. The summed E-state index contributed by atoms with van der Waals surface area (Å²) in [5.74, 6) is 0. The van der Waals surface area contributed by atoms with Gasteiger partial charge in [-0.2, -0.15) is 0 Å². The SMILES string of the molecule is COC1(CC(O)COC(C)C)CCC1. The first kappa shape index (κ1) is 12.0. The maximum absolute atomic E-state index is 9.72. The summed E-state index contributed by atoms with van der Waals surface area (Å²) in [5.41, 5.74) is -0.0558. The molecule has 14 heavy (non-hydrogen) atoms. The Hall–Kier alpha value is -0.120. The molecule has 1 aliphatic rings. The minimum Gasteiger partial charge on any atom is -0.391 e. The maximum Gasteiger partial charge on any atom is 0.0801 e. The van der Waals surface area contributed by atoms with E-state index in [0.717, 1.165) is 12.8 Å². The number of ether oxygens (including phenoxy) is 2. The van der Waals surface area contributed by atoms with Crippen LogP contribution in [0.4, 0.5) is 0 Å². The van der Waals surface area contributed by atoms with Crippen molar-refractivity contribution in [2.24, 2.45) is 0 Å². The Morgan fingerprint density at radius 2 is 2.00 bits per heavy atom. The molecule has 0 radical (unpaired) electrons.